The van der Waals surface area contributed by atoms with Crippen LogP contribution in [0.15, 0.2) is 24.9 Å². The van der Waals surface area contributed by atoms with Gasteiger partial charge in [-0.3, -0.25) is 0 Å². The highest BCUT2D eigenvalue weighted by molar-refractivity contribution is 5.55. The van der Waals surface area contributed by atoms with Crippen LogP contribution in [0, 0.1) is 6.92 Å². The highest BCUT2D eigenvalue weighted by atomic mass is 15.0. The zero-order valence-corrected chi connectivity index (χ0v) is 7.60. The summed E-state index contributed by atoms with van der Waals surface area (Å²) >= 11 is 0. The summed E-state index contributed by atoms with van der Waals surface area (Å²) < 4.78 is 1.97. The molecule has 0 saturated heterocycles. The van der Waals surface area contributed by atoms with E-state index in [9.17, 15) is 0 Å². The largest absolute Gasteiger partial charge is 0.338 e. The van der Waals surface area contributed by atoms with Crippen molar-refractivity contribution in [3.63, 3.8) is 0 Å². The van der Waals surface area contributed by atoms with Crippen LogP contribution in [0.5, 0.6) is 0 Å². The zero-order valence-electron chi connectivity index (χ0n) is 7.60. The van der Waals surface area contributed by atoms with Crippen LogP contribution >= 0.6 is 0 Å². The van der Waals surface area contributed by atoms with E-state index >= 15 is 0 Å². The Hall–Kier alpha value is -1.71. The van der Waals surface area contributed by atoms with Crippen molar-refractivity contribution >= 4 is 0 Å². The molecule has 0 spiro atoms. The second-order valence-corrected chi connectivity index (χ2v) is 2.91. The number of imidazole rings is 1. The smallest absolute Gasteiger partial charge is 0.115 e. The van der Waals surface area contributed by atoms with E-state index in [-0.39, 0.29) is 0 Å². The molecule has 0 atom stereocenters. The lowest BCUT2D eigenvalue weighted by atomic mass is 10.3. The Kier molecular flexibility index (Phi) is 1.81. The Morgan fingerprint density at radius 2 is 1.92 bits per heavy atom. The monoisotopic (exact) mass is 174 g/mol. The Balaban J connectivity index is 2.48. The van der Waals surface area contributed by atoms with E-state index in [1.54, 1.807) is 12.4 Å². The minimum absolute atomic E-state index is 0.917. The van der Waals surface area contributed by atoms with Gasteiger partial charge in [0, 0.05) is 31.2 Å². The van der Waals surface area contributed by atoms with Gasteiger partial charge in [-0.05, 0) is 6.92 Å². The summed E-state index contributed by atoms with van der Waals surface area (Å²) in [6, 6.07) is 0. The van der Waals surface area contributed by atoms with E-state index in [4.69, 9.17) is 0 Å². The first kappa shape index (κ1) is 7.91. The van der Waals surface area contributed by atoms with Crippen molar-refractivity contribution in [1.82, 2.24) is 19.5 Å². The maximum Gasteiger partial charge on any atom is 0.115 e. The zero-order chi connectivity index (χ0) is 9.26. The molecule has 4 nitrogen and oxygen atoms in total. The highest BCUT2D eigenvalue weighted by Crippen LogP contribution is 2.14. The lowest BCUT2D eigenvalue weighted by molar-refractivity contribution is 0.858. The molecule has 2 heterocycles. The molecular formula is C9H10N4. The number of aromatic nitrogens is 4. The molecule has 0 aliphatic heterocycles. The number of hydrogen-bond donors (Lipinski definition) is 0. The van der Waals surface area contributed by atoms with Gasteiger partial charge >= 0.3 is 0 Å². The van der Waals surface area contributed by atoms with E-state index in [2.05, 4.69) is 15.0 Å². The standard InChI is InChI=1S/C9H10N4/c1-7-12-9(5-13(7)2)8-3-10-6-11-4-8/h3-6H,1-2H3. The average Bonchev–Trinajstić information content (AvgIpc) is 2.49. The molecule has 4 heteroatoms. The molecule has 0 amide bonds. The summed E-state index contributed by atoms with van der Waals surface area (Å²) in [6.45, 7) is 1.97. The molecule has 0 bridgehead atoms. The Morgan fingerprint density at radius 1 is 1.23 bits per heavy atom. The molecular weight excluding hydrogens is 164 g/mol. The minimum Gasteiger partial charge on any atom is -0.338 e. The molecule has 2 aromatic rings. The topological polar surface area (TPSA) is 43.6 Å². The van der Waals surface area contributed by atoms with E-state index in [0.29, 0.717) is 0 Å². The van der Waals surface area contributed by atoms with Crippen molar-refractivity contribution in [1.29, 1.82) is 0 Å². The molecule has 0 aliphatic rings. The highest BCUT2D eigenvalue weighted by Gasteiger charge is 2.03. The van der Waals surface area contributed by atoms with Gasteiger partial charge in [-0.15, -0.1) is 0 Å². The molecule has 66 valence electrons. The predicted octanol–water partition coefficient (Wildman–Crippen LogP) is 1.19. The molecule has 2 rings (SSSR count). The number of nitrogens with zero attached hydrogens (tertiary/aromatic N) is 4. The first-order valence-corrected chi connectivity index (χ1v) is 4.03. The second kappa shape index (κ2) is 2.97. The van der Waals surface area contributed by atoms with Crippen LogP contribution < -0.4 is 0 Å². The van der Waals surface area contributed by atoms with Crippen LogP contribution in [0.2, 0.25) is 0 Å². The molecule has 0 N–H and O–H groups in total. The number of rotatable bonds is 1. The van der Waals surface area contributed by atoms with Crippen LogP contribution in [-0.4, -0.2) is 19.5 Å². The van der Waals surface area contributed by atoms with Crippen molar-refractivity contribution in [3.8, 4) is 11.3 Å². The number of hydrogen-bond acceptors (Lipinski definition) is 3. The molecule has 0 aliphatic carbocycles. The SMILES string of the molecule is Cc1nc(-c2cncnc2)cn1C. The maximum absolute atomic E-state index is 4.36. The van der Waals surface area contributed by atoms with Crippen LogP contribution in [0.4, 0.5) is 0 Å². The van der Waals surface area contributed by atoms with Crippen molar-refractivity contribution in [2.75, 3.05) is 0 Å². The van der Waals surface area contributed by atoms with Gasteiger partial charge in [0.05, 0.1) is 5.69 Å². The molecule has 13 heavy (non-hydrogen) atoms. The summed E-state index contributed by atoms with van der Waals surface area (Å²) in [5.74, 6) is 0.985. The van der Waals surface area contributed by atoms with Gasteiger partial charge in [-0.25, -0.2) is 15.0 Å². The lowest BCUT2D eigenvalue weighted by Gasteiger charge is -1.91. The molecule has 0 radical (unpaired) electrons. The third kappa shape index (κ3) is 1.42. The van der Waals surface area contributed by atoms with Gasteiger partial charge in [0.15, 0.2) is 0 Å². The predicted molar refractivity (Wildman–Crippen MR) is 49.0 cm³/mol. The Labute approximate surface area is 76.3 Å². The van der Waals surface area contributed by atoms with Crippen LogP contribution in [0.1, 0.15) is 5.82 Å². The van der Waals surface area contributed by atoms with Gasteiger partial charge in [0.25, 0.3) is 0 Å². The normalized spacial score (nSPS) is 10.3. The molecule has 0 aromatic carbocycles. The van der Waals surface area contributed by atoms with Crippen molar-refractivity contribution < 1.29 is 0 Å². The van der Waals surface area contributed by atoms with Crippen molar-refractivity contribution in [2.45, 2.75) is 6.92 Å². The van der Waals surface area contributed by atoms with E-state index < -0.39 is 0 Å². The third-order valence-electron chi connectivity index (χ3n) is 1.96. The molecule has 0 saturated carbocycles. The van der Waals surface area contributed by atoms with Crippen LogP contribution in [-0.2, 0) is 7.05 Å². The lowest BCUT2D eigenvalue weighted by Crippen LogP contribution is -1.86. The fraction of sp³-hybridized carbons (Fsp3) is 0.222. The van der Waals surface area contributed by atoms with E-state index in [1.165, 1.54) is 6.33 Å². The van der Waals surface area contributed by atoms with Crippen molar-refractivity contribution in [3.05, 3.63) is 30.7 Å². The summed E-state index contributed by atoms with van der Waals surface area (Å²) in [7, 11) is 1.97. The van der Waals surface area contributed by atoms with Gasteiger partial charge in [0.1, 0.15) is 12.2 Å². The summed E-state index contributed by atoms with van der Waals surface area (Å²) in [4.78, 5) is 12.2. The minimum atomic E-state index is 0.917. The first-order valence-electron chi connectivity index (χ1n) is 4.03. The summed E-state index contributed by atoms with van der Waals surface area (Å²) in [6.07, 6.45) is 7.00. The fourth-order valence-electron chi connectivity index (χ4n) is 1.13. The first-order chi connectivity index (χ1) is 6.27. The van der Waals surface area contributed by atoms with Crippen LogP contribution in [0.25, 0.3) is 11.3 Å². The third-order valence-corrected chi connectivity index (χ3v) is 1.96. The van der Waals surface area contributed by atoms with E-state index in [1.807, 2.05) is 24.7 Å². The van der Waals surface area contributed by atoms with Gasteiger partial charge in [-0.1, -0.05) is 0 Å². The molecule has 0 fully saturated rings. The maximum atomic E-state index is 4.36. The summed E-state index contributed by atoms with van der Waals surface area (Å²) in [5, 5.41) is 0. The second-order valence-electron chi connectivity index (χ2n) is 2.91. The average molecular weight is 174 g/mol. The Bertz CT molecular complexity index is 385. The van der Waals surface area contributed by atoms with Gasteiger partial charge in [-0.2, -0.15) is 0 Å². The molecule has 0 unspecified atom stereocenters. The van der Waals surface area contributed by atoms with Gasteiger partial charge in [0.2, 0.25) is 0 Å². The fourth-order valence-corrected chi connectivity index (χ4v) is 1.13. The molecule has 2 aromatic heterocycles. The summed E-state index contributed by atoms with van der Waals surface area (Å²) in [5.41, 5.74) is 1.87. The van der Waals surface area contributed by atoms with Crippen LogP contribution in [0.3, 0.4) is 0 Å². The van der Waals surface area contributed by atoms with Gasteiger partial charge < -0.3 is 4.57 Å². The quantitative estimate of drug-likeness (QED) is 0.652. The number of aryl methyl sites for hydroxylation is 2. The van der Waals surface area contributed by atoms with E-state index in [0.717, 1.165) is 17.1 Å². The Morgan fingerprint density at radius 3 is 2.46 bits per heavy atom. The van der Waals surface area contributed by atoms with Crippen molar-refractivity contribution in [2.24, 2.45) is 7.05 Å².